The van der Waals surface area contributed by atoms with E-state index >= 15 is 0 Å². The number of halogens is 1. The van der Waals surface area contributed by atoms with E-state index in [2.05, 4.69) is 27.9 Å². The molecule has 0 aliphatic heterocycles. The third-order valence-corrected chi connectivity index (χ3v) is 3.86. The van der Waals surface area contributed by atoms with Crippen LogP contribution in [0.3, 0.4) is 0 Å². The Bertz CT molecular complexity index is 680. The maximum Gasteiger partial charge on any atom is 0.268 e. The first kappa shape index (κ1) is 16.5. The van der Waals surface area contributed by atoms with E-state index < -0.39 is 0 Å². The fraction of sp³-hybridized carbons (Fsp3) is 0.250. The van der Waals surface area contributed by atoms with E-state index in [1.54, 1.807) is 20.2 Å². The molecule has 0 spiro atoms. The summed E-state index contributed by atoms with van der Waals surface area (Å²) >= 11 is 2.24. The molecule has 2 aromatic rings. The Kier molecular flexibility index (Phi) is 5.59. The van der Waals surface area contributed by atoms with Crippen LogP contribution in [0.15, 0.2) is 42.6 Å². The normalized spacial score (nSPS) is 10.3. The summed E-state index contributed by atoms with van der Waals surface area (Å²) in [5.74, 6) is -0.191. The summed E-state index contributed by atoms with van der Waals surface area (Å²) in [6.45, 7) is 0.327. The van der Waals surface area contributed by atoms with E-state index in [9.17, 15) is 9.59 Å². The van der Waals surface area contributed by atoms with E-state index in [-0.39, 0.29) is 11.8 Å². The monoisotopic (exact) mass is 411 g/mol. The van der Waals surface area contributed by atoms with Crippen LogP contribution in [0, 0.1) is 3.57 Å². The summed E-state index contributed by atoms with van der Waals surface area (Å²) in [7, 11) is 3.40. The minimum atomic E-state index is -0.185. The summed E-state index contributed by atoms with van der Waals surface area (Å²) in [6, 6.07) is 11.5. The molecule has 0 bridgehead atoms. The Labute approximate surface area is 143 Å². The van der Waals surface area contributed by atoms with E-state index in [0.717, 1.165) is 9.26 Å². The van der Waals surface area contributed by atoms with Crippen molar-refractivity contribution in [1.82, 2.24) is 14.8 Å². The molecule has 0 fully saturated rings. The molecule has 1 aromatic heterocycles. The lowest BCUT2D eigenvalue weighted by molar-refractivity contribution is -0.128. The summed E-state index contributed by atoms with van der Waals surface area (Å²) in [4.78, 5) is 25.3. The zero-order chi connectivity index (χ0) is 16.1. The molecule has 116 valence electrons. The van der Waals surface area contributed by atoms with Crippen LogP contribution in [-0.4, -0.2) is 41.9 Å². The highest BCUT2D eigenvalue weighted by atomic mass is 127. The maximum absolute atomic E-state index is 12.3. The molecular weight excluding hydrogens is 393 g/mol. The zero-order valence-electron chi connectivity index (χ0n) is 12.5. The number of rotatable bonds is 5. The van der Waals surface area contributed by atoms with Crippen LogP contribution < -0.4 is 5.32 Å². The topological polar surface area (TPSA) is 54.3 Å². The number of amides is 2. The minimum Gasteiger partial charge on any atom is -0.350 e. The van der Waals surface area contributed by atoms with Gasteiger partial charge in [0.1, 0.15) is 5.69 Å². The van der Waals surface area contributed by atoms with Crippen LogP contribution >= 0.6 is 22.6 Å². The second kappa shape index (κ2) is 7.44. The Hall–Kier alpha value is -1.83. The van der Waals surface area contributed by atoms with Gasteiger partial charge >= 0.3 is 0 Å². The Morgan fingerprint density at radius 1 is 1.23 bits per heavy atom. The molecule has 0 aliphatic rings. The van der Waals surface area contributed by atoms with Crippen LogP contribution in [0.25, 0.3) is 5.69 Å². The van der Waals surface area contributed by atoms with Crippen molar-refractivity contribution >= 4 is 34.4 Å². The first-order valence-corrected chi connectivity index (χ1v) is 7.98. The van der Waals surface area contributed by atoms with Gasteiger partial charge in [-0.25, -0.2) is 0 Å². The van der Waals surface area contributed by atoms with E-state index in [1.807, 2.05) is 41.1 Å². The molecular formula is C16H18IN3O2. The van der Waals surface area contributed by atoms with Gasteiger partial charge in [0.25, 0.3) is 5.91 Å². The molecule has 0 saturated carbocycles. The van der Waals surface area contributed by atoms with E-state index in [4.69, 9.17) is 0 Å². The van der Waals surface area contributed by atoms with Crippen molar-refractivity contribution in [2.24, 2.45) is 0 Å². The first-order chi connectivity index (χ1) is 10.5. The molecule has 1 aromatic carbocycles. The van der Waals surface area contributed by atoms with Gasteiger partial charge in [-0.05, 0) is 52.9 Å². The molecule has 1 N–H and O–H groups in total. The molecule has 6 heteroatoms. The van der Waals surface area contributed by atoms with Gasteiger partial charge in [0, 0.05) is 42.5 Å². The molecule has 0 radical (unpaired) electrons. The molecule has 5 nitrogen and oxygen atoms in total. The lowest BCUT2D eigenvalue weighted by Gasteiger charge is -2.12. The van der Waals surface area contributed by atoms with Gasteiger partial charge in [0.15, 0.2) is 0 Å². The molecule has 22 heavy (non-hydrogen) atoms. The molecule has 0 saturated heterocycles. The smallest absolute Gasteiger partial charge is 0.268 e. The predicted octanol–water partition coefficient (Wildman–Crippen LogP) is 2.29. The Morgan fingerprint density at radius 2 is 2.00 bits per heavy atom. The summed E-state index contributed by atoms with van der Waals surface area (Å²) in [5, 5.41) is 2.79. The van der Waals surface area contributed by atoms with Crippen molar-refractivity contribution in [3.05, 3.63) is 51.9 Å². The Balaban J connectivity index is 2.06. The highest BCUT2D eigenvalue weighted by Crippen LogP contribution is 2.15. The number of benzene rings is 1. The molecule has 0 aliphatic carbocycles. The van der Waals surface area contributed by atoms with Crippen molar-refractivity contribution < 1.29 is 9.59 Å². The molecule has 2 amide bonds. The van der Waals surface area contributed by atoms with E-state index in [1.165, 1.54) is 4.90 Å². The van der Waals surface area contributed by atoms with Crippen LogP contribution in [0.5, 0.6) is 0 Å². The first-order valence-electron chi connectivity index (χ1n) is 6.90. The van der Waals surface area contributed by atoms with Crippen LogP contribution in [0.2, 0.25) is 0 Å². The van der Waals surface area contributed by atoms with Gasteiger partial charge < -0.3 is 14.8 Å². The molecule has 0 unspecified atom stereocenters. The largest absolute Gasteiger partial charge is 0.350 e. The highest BCUT2D eigenvalue weighted by Gasteiger charge is 2.12. The number of carbonyl (C=O) groups excluding carboxylic acids is 2. The standard InChI is InChI=1S/C16H18IN3O2/c1-19(2)15(21)8-9-18-16(22)14-7-4-10-20(14)13-6-3-5-12(17)11-13/h3-7,10-11H,8-9H2,1-2H3,(H,18,22). The van der Waals surface area contributed by atoms with Crippen molar-refractivity contribution in [3.8, 4) is 5.69 Å². The van der Waals surface area contributed by atoms with Gasteiger partial charge in [0.2, 0.25) is 5.91 Å². The predicted molar refractivity (Wildman–Crippen MR) is 94.1 cm³/mol. The second-order valence-corrected chi connectivity index (χ2v) is 6.28. The van der Waals surface area contributed by atoms with Crippen molar-refractivity contribution in [3.63, 3.8) is 0 Å². The summed E-state index contributed by atoms with van der Waals surface area (Å²) in [5.41, 5.74) is 1.49. The molecule has 0 atom stereocenters. The third-order valence-electron chi connectivity index (χ3n) is 3.19. The average molecular weight is 411 g/mol. The van der Waals surface area contributed by atoms with Gasteiger partial charge in [0.05, 0.1) is 0 Å². The van der Waals surface area contributed by atoms with Crippen molar-refractivity contribution in [1.29, 1.82) is 0 Å². The van der Waals surface area contributed by atoms with E-state index in [0.29, 0.717) is 18.7 Å². The number of nitrogens with one attached hydrogen (secondary N) is 1. The SMILES string of the molecule is CN(C)C(=O)CCNC(=O)c1cccn1-c1cccc(I)c1. The lowest BCUT2D eigenvalue weighted by Crippen LogP contribution is -2.31. The number of nitrogens with zero attached hydrogens (tertiary/aromatic N) is 2. The highest BCUT2D eigenvalue weighted by molar-refractivity contribution is 14.1. The van der Waals surface area contributed by atoms with Crippen LogP contribution in [0.1, 0.15) is 16.9 Å². The molecule has 1 heterocycles. The van der Waals surface area contributed by atoms with Gasteiger partial charge in [-0.15, -0.1) is 0 Å². The van der Waals surface area contributed by atoms with Crippen molar-refractivity contribution in [2.75, 3.05) is 20.6 Å². The zero-order valence-corrected chi connectivity index (χ0v) is 14.7. The van der Waals surface area contributed by atoms with Crippen LogP contribution in [-0.2, 0) is 4.79 Å². The molecule has 2 rings (SSSR count). The quantitative estimate of drug-likeness (QED) is 0.768. The Morgan fingerprint density at radius 3 is 2.68 bits per heavy atom. The summed E-state index contributed by atoms with van der Waals surface area (Å²) in [6.07, 6.45) is 2.15. The third kappa shape index (κ3) is 4.09. The fourth-order valence-electron chi connectivity index (χ4n) is 2.01. The lowest BCUT2D eigenvalue weighted by atomic mass is 10.3. The maximum atomic E-state index is 12.3. The fourth-order valence-corrected chi connectivity index (χ4v) is 2.54. The number of aromatic nitrogens is 1. The number of hydrogen-bond donors (Lipinski definition) is 1. The van der Waals surface area contributed by atoms with Crippen LogP contribution in [0.4, 0.5) is 0 Å². The second-order valence-electron chi connectivity index (χ2n) is 5.04. The summed E-state index contributed by atoms with van der Waals surface area (Å²) < 4.78 is 2.94. The number of carbonyl (C=O) groups is 2. The number of hydrogen-bond acceptors (Lipinski definition) is 2. The average Bonchev–Trinajstić information content (AvgIpc) is 2.96. The van der Waals surface area contributed by atoms with Gasteiger partial charge in [-0.1, -0.05) is 6.07 Å². The van der Waals surface area contributed by atoms with Gasteiger partial charge in [-0.3, -0.25) is 9.59 Å². The van der Waals surface area contributed by atoms with Gasteiger partial charge in [-0.2, -0.15) is 0 Å². The van der Waals surface area contributed by atoms with Crippen molar-refractivity contribution in [2.45, 2.75) is 6.42 Å². The minimum absolute atomic E-state index is 0.00621.